The maximum Gasteiger partial charge on any atom is 1.00 e. The number of hydrogen-bond donors (Lipinski definition) is 2. The van der Waals surface area contributed by atoms with Gasteiger partial charge in [0.1, 0.15) is 11.8 Å². The quantitative estimate of drug-likeness (QED) is 0.247. The summed E-state index contributed by atoms with van der Waals surface area (Å²) in [5, 5.41) is 8.62. The zero-order valence-corrected chi connectivity index (χ0v) is 17.4. The van der Waals surface area contributed by atoms with Crippen molar-refractivity contribution in [3.05, 3.63) is 40.1 Å². The molecule has 0 bridgehead atoms. The largest absolute Gasteiger partial charge is 1.00 e. The normalized spacial score (nSPS) is 11.2. The summed E-state index contributed by atoms with van der Waals surface area (Å²) in [7, 11) is 0. The number of nitrogens with one attached hydrogen (secondary N) is 1. The number of carboxylic acids is 1. The Labute approximate surface area is 177 Å². The summed E-state index contributed by atoms with van der Waals surface area (Å²) in [6.45, 7) is 4.13. The van der Waals surface area contributed by atoms with E-state index in [2.05, 4.69) is 20.8 Å². The molecule has 11 heteroatoms. The number of aromatic nitrogens is 2. The van der Waals surface area contributed by atoms with Crippen molar-refractivity contribution < 1.29 is 64.1 Å². The number of H-pyrrole nitrogens is 1. The van der Waals surface area contributed by atoms with Crippen LogP contribution in [0.15, 0.2) is 16.9 Å². The molecule has 1 aromatic heterocycles. The van der Waals surface area contributed by atoms with E-state index in [9.17, 15) is 14.4 Å². The molecule has 10 nitrogen and oxygen atoms in total. The molecular weight excluding hydrogens is 371 g/mol. The molecule has 0 atom stereocenters. The molecule has 0 aliphatic heterocycles. The Bertz CT molecular complexity index is 692. The van der Waals surface area contributed by atoms with Crippen LogP contribution in [-0.4, -0.2) is 45.2 Å². The molecule has 1 heterocycles. The molecule has 27 heavy (non-hydrogen) atoms. The number of aromatic amines is 1. The first-order valence-corrected chi connectivity index (χ1v) is 7.48. The van der Waals surface area contributed by atoms with Crippen molar-refractivity contribution >= 4 is 18.1 Å². The van der Waals surface area contributed by atoms with E-state index in [1.54, 1.807) is 13.0 Å². The molecule has 0 spiro atoms. The molecule has 0 saturated heterocycles. The number of rotatable bonds is 5. The van der Waals surface area contributed by atoms with Gasteiger partial charge in [-0.2, -0.15) is 9.59 Å². The van der Waals surface area contributed by atoms with Crippen molar-refractivity contribution in [1.82, 2.24) is 9.97 Å². The topological polar surface area (TPSA) is 173 Å². The van der Waals surface area contributed by atoms with Gasteiger partial charge < -0.3 is 26.4 Å². The molecule has 0 amide bonds. The summed E-state index contributed by atoms with van der Waals surface area (Å²) < 4.78 is 4.56. The van der Waals surface area contributed by atoms with Crippen molar-refractivity contribution in [1.29, 1.82) is 0 Å². The molecule has 1 aliphatic carbocycles. The predicted molar refractivity (Wildman–Crippen MR) is 85.5 cm³/mol. The van der Waals surface area contributed by atoms with E-state index in [1.165, 1.54) is 0 Å². The second-order valence-corrected chi connectivity index (χ2v) is 4.66. The van der Waals surface area contributed by atoms with Crippen LogP contribution in [0.25, 0.3) is 0 Å². The average Bonchev–Trinajstić information content (AvgIpc) is 3.39. The van der Waals surface area contributed by atoms with Crippen molar-refractivity contribution in [2.45, 2.75) is 39.0 Å². The molecule has 144 valence electrons. The van der Waals surface area contributed by atoms with Crippen LogP contribution < -0.4 is 35.1 Å². The van der Waals surface area contributed by atoms with Gasteiger partial charge in [-0.05, 0) is 19.8 Å². The summed E-state index contributed by atoms with van der Waals surface area (Å²) in [5.74, 6) is -0.774. The van der Waals surface area contributed by atoms with E-state index >= 15 is 0 Å². The van der Waals surface area contributed by atoms with Crippen LogP contribution in [-0.2, 0) is 19.1 Å². The van der Waals surface area contributed by atoms with Crippen LogP contribution in [0.4, 0.5) is 0 Å². The van der Waals surface area contributed by atoms with Crippen molar-refractivity contribution in [2.75, 3.05) is 6.61 Å². The Balaban J connectivity index is -0.000000367. The molecule has 0 unspecified atom stereocenters. The number of allylic oxidation sites excluding steroid dienone is 1. The fourth-order valence-corrected chi connectivity index (χ4v) is 1.49. The maximum absolute atomic E-state index is 11.0. The van der Waals surface area contributed by atoms with Crippen LogP contribution in [0.2, 0.25) is 0 Å². The first-order valence-electron chi connectivity index (χ1n) is 7.48. The second-order valence-electron chi connectivity index (χ2n) is 4.66. The third-order valence-corrected chi connectivity index (χ3v) is 2.64. The number of carboxylic acid groups (broad SMARTS) is 1. The van der Waals surface area contributed by atoms with Crippen molar-refractivity contribution in [3.8, 4) is 0 Å². The molecule has 2 rings (SSSR count). The van der Waals surface area contributed by atoms with Crippen molar-refractivity contribution in [2.24, 2.45) is 0 Å². The molecular formula is C16H20N2NaO8-. The van der Waals surface area contributed by atoms with Gasteiger partial charge in [-0.25, -0.2) is 9.78 Å². The Hall–Kier alpha value is -2.10. The van der Waals surface area contributed by atoms with Crippen molar-refractivity contribution in [3.63, 3.8) is 0 Å². The molecule has 1 aromatic rings. The standard InChI is InChI=1S/C8H8N2O3.C7H11O2.CO2.Na.H2O/c11-6-3-5(8(12)13)9-7(10-6)4-1-2-4;1-3-5-6-7(8)9-4-2;2-1-3;;/h3-4H,1-2H2,(H,12,13)(H,9,10,11);5H,3-4H2,1-2H3;;;1H2/q;-1;;+1;/p-1. The van der Waals surface area contributed by atoms with Gasteiger partial charge in [0, 0.05) is 12.0 Å². The predicted octanol–water partition coefficient (Wildman–Crippen LogP) is -2.09. The van der Waals surface area contributed by atoms with Gasteiger partial charge in [0.25, 0.3) is 5.56 Å². The number of ether oxygens (including phenoxy) is 1. The first kappa shape index (κ1) is 29.7. The number of carbonyl (C=O) groups is 2. The second kappa shape index (κ2) is 17.3. The fourth-order valence-electron chi connectivity index (χ4n) is 1.49. The smallest absolute Gasteiger partial charge is 0.870 e. The SMILES string of the molecule is CCC=[C-]C(=O)OCC.O=C(O)c1cc(=O)[nH]c(C2CC2)n1.O=C=O.[Na+].[OH-]. The molecule has 1 aliphatic rings. The van der Waals surface area contributed by atoms with Gasteiger partial charge in [-0.15, -0.1) is 0 Å². The summed E-state index contributed by atoms with van der Waals surface area (Å²) >= 11 is 0. The van der Waals surface area contributed by atoms with E-state index < -0.39 is 11.5 Å². The Morgan fingerprint density at radius 3 is 2.37 bits per heavy atom. The monoisotopic (exact) mass is 391 g/mol. The molecule has 1 saturated carbocycles. The first-order chi connectivity index (χ1) is 11.9. The Morgan fingerprint density at radius 2 is 1.96 bits per heavy atom. The van der Waals surface area contributed by atoms with Gasteiger partial charge in [0.05, 0.1) is 6.61 Å². The number of esters is 1. The van der Waals surface area contributed by atoms with Crippen LogP contribution in [0.1, 0.15) is 55.3 Å². The van der Waals surface area contributed by atoms with E-state index in [4.69, 9.17) is 14.7 Å². The average molecular weight is 391 g/mol. The van der Waals surface area contributed by atoms with Gasteiger partial charge in [0.2, 0.25) is 0 Å². The maximum atomic E-state index is 11.0. The number of carbonyl (C=O) groups excluding carboxylic acids is 3. The molecule has 0 radical (unpaired) electrons. The Kier molecular flexibility index (Phi) is 19.0. The van der Waals surface area contributed by atoms with Crippen LogP contribution in [0.5, 0.6) is 0 Å². The zero-order chi connectivity index (χ0) is 19.2. The third-order valence-electron chi connectivity index (χ3n) is 2.64. The molecule has 1 fully saturated rings. The molecule has 3 N–H and O–H groups in total. The minimum atomic E-state index is -1.16. The van der Waals surface area contributed by atoms with Gasteiger partial charge >= 0.3 is 41.7 Å². The summed E-state index contributed by atoms with van der Waals surface area (Å²) in [5.41, 5.74) is -0.569. The Morgan fingerprint density at radius 1 is 1.41 bits per heavy atom. The van der Waals surface area contributed by atoms with E-state index in [-0.39, 0.29) is 58.8 Å². The number of hydrogen-bond acceptors (Lipinski definition) is 8. The van der Waals surface area contributed by atoms with E-state index in [0.717, 1.165) is 25.3 Å². The minimum Gasteiger partial charge on any atom is -0.870 e. The minimum absolute atomic E-state index is 0. The van der Waals surface area contributed by atoms with Crippen LogP contribution >= 0.6 is 0 Å². The summed E-state index contributed by atoms with van der Waals surface area (Å²) in [6.07, 6.45) is 7.12. The van der Waals surface area contributed by atoms with Gasteiger partial charge in [0.15, 0.2) is 5.69 Å². The summed E-state index contributed by atoms with van der Waals surface area (Å²) in [4.78, 5) is 54.6. The number of nitrogens with zero attached hydrogens (tertiary/aromatic N) is 1. The van der Waals surface area contributed by atoms with Gasteiger partial charge in [-0.3, -0.25) is 15.7 Å². The third kappa shape index (κ3) is 14.7. The van der Waals surface area contributed by atoms with Crippen LogP contribution in [0.3, 0.4) is 0 Å². The van der Waals surface area contributed by atoms with Crippen LogP contribution in [0, 0.1) is 6.08 Å². The zero-order valence-electron chi connectivity index (χ0n) is 15.4. The van der Waals surface area contributed by atoms with E-state index in [0.29, 0.717) is 12.4 Å². The van der Waals surface area contributed by atoms with Gasteiger partial charge in [-0.1, -0.05) is 13.3 Å². The molecule has 0 aromatic carbocycles. The number of aromatic carboxylic acids is 1. The fraction of sp³-hybridized carbons (Fsp3) is 0.438. The summed E-state index contributed by atoms with van der Waals surface area (Å²) in [6, 6.07) is 0.994. The van der Waals surface area contributed by atoms with E-state index in [1.807, 2.05) is 6.92 Å².